The van der Waals surface area contributed by atoms with Gasteiger partial charge in [0.25, 0.3) is 0 Å². The second kappa shape index (κ2) is 4.74. The minimum absolute atomic E-state index is 1.04. The van der Waals surface area contributed by atoms with Gasteiger partial charge in [0.1, 0.15) is 0 Å². The Balaban J connectivity index is 2.27. The lowest BCUT2D eigenvalue weighted by Gasteiger charge is -2.18. The van der Waals surface area contributed by atoms with E-state index in [9.17, 15) is 0 Å². The summed E-state index contributed by atoms with van der Waals surface area (Å²) >= 11 is 0. The number of rotatable bonds is 2. The van der Waals surface area contributed by atoms with Crippen molar-refractivity contribution in [1.82, 2.24) is 4.90 Å². The first-order valence-corrected chi connectivity index (χ1v) is 5.97. The lowest BCUT2D eigenvalue weighted by Crippen LogP contribution is -2.25. The summed E-state index contributed by atoms with van der Waals surface area (Å²) in [6.07, 6.45) is 0. The van der Waals surface area contributed by atoms with Crippen molar-refractivity contribution in [3.8, 4) is 0 Å². The Morgan fingerprint density at radius 1 is 1.38 bits per heavy atom. The zero-order chi connectivity index (χ0) is 11.5. The van der Waals surface area contributed by atoms with Gasteiger partial charge in [0.05, 0.1) is 0 Å². The smallest absolute Gasteiger partial charge is 0.0407 e. The van der Waals surface area contributed by atoms with E-state index < -0.39 is 0 Å². The van der Waals surface area contributed by atoms with Crippen LogP contribution in [-0.4, -0.2) is 38.6 Å². The van der Waals surface area contributed by atoms with Gasteiger partial charge in [0, 0.05) is 45.1 Å². The summed E-state index contributed by atoms with van der Waals surface area (Å²) in [6.45, 7) is 6.57. The third kappa shape index (κ3) is 2.30. The molecule has 0 saturated carbocycles. The summed E-state index contributed by atoms with van der Waals surface area (Å²) in [5.41, 5.74) is 3.96. The number of benzene rings is 1. The van der Waals surface area contributed by atoms with Crippen LogP contribution in [0.5, 0.6) is 0 Å². The molecule has 16 heavy (non-hydrogen) atoms. The first-order chi connectivity index (χ1) is 7.70. The Morgan fingerprint density at radius 2 is 2.19 bits per heavy atom. The SMILES string of the molecule is CCN1CCNc2cc(N(C)C)ccc2C1. The van der Waals surface area contributed by atoms with Crippen LogP contribution in [0.2, 0.25) is 0 Å². The minimum Gasteiger partial charge on any atom is -0.383 e. The maximum Gasteiger partial charge on any atom is 0.0407 e. The minimum atomic E-state index is 1.04. The quantitative estimate of drug-likeness (QED) is 0.820. The fourth-order valence-electron chi connectivity index (χ4n) is 2.08. The average Bonchev–Trinajstić information content (AvgIpc) is 2.49. The molecule has 0 saturated heterocycles. The molecule has 0 atom stereocenters. The monoisotopic (exact) mass is 219 g/mol. The molecule has 1 aliphatic rings. The molecular formula is C13H21N3. The Kier molecular flexibility index (Phi) is 3.34. The number of nitrogens with zero attached hydrogens (tertiary/aromatic N) is 2. The van der Waals surface area contributed by atoms with Crippen molar-refractivity contribution in [3.05, 3.63) is 23.8 Å². The Hall–Kier alpha value is -1.22. The number of fused-ring (bicyclic) bond motifs is 1. The fraction of sp³-hybridized carbons (Fsp3) is 0.538. The van der Waals surface area contributed by atoms with E-state index in [0.29, 0.717) is 0 Å². The van der Waals surface area contributed by atoms with Gasteiger partial charge in [0.15, 0.2) is 0 Å². The maximum absolute atomic E-state index is 3.52. The van der Waals surface area contributed by atoms with Crippen molar-refractivity contribution in [1.29, 1.82) is 0 Å². The molecule has 1 N–H and O–H groups in total. The van der Waals surface area contributed by atoms with Crippen molar-refractivity contribution in [2.45, 2.75) is 13.5 Å². The van der Waals surface area contributed by atoms with Gasteiger partial charge >= 0.3 is 0 Å². The number of hydrogen-bond acceptors (Lipinski definition) is 3. The van der Waals surface area contributed by atoms with E-state index in [1.54, 1.807) is 0 Å². The molecule has 0 bridgehead atoms. The highest BCUT2D eigenvalue weighted by Crippen LogP contribution is 2.25. The second-order valence-electron chi connectivity index (χ2n) is 4.53. The zero-order valence-corrected chi connectivity index (χ0v) is 10.5. The van der Waals surface area contributed by atoms with Crippen LogP contribution in [-0.2, 0) is 6.54 Å². The molecule has 3 nitrogen and oxygen atoms in total. The normalized spacial score (nSPS) is 16.2. The predicted octanol–water partition coefficient (Wildman–Crippen LogP) is 2.00. The number of likely N-dealkylation sites (N-methyl/N-ethyl adjacent to an activating group) is 1. The summed E-state index contributed by atoms with van der Waals surface area (Å²) in [5, 5.41) is 3.52. The largest absolute Gasteiger partial charge is 0.383 e. The standard InChI is InChI=1S/C13H21N3/c1-4-16-8-7-14-13-9-12(15(2)3)6-5-11(13)10-16/h5-6,9,14H,4,7-8,10H2,1-3H3. The van der Waals surface area contributed by atoms with Crippen LogP contribution in [0.3, 0.4) is 0 Å². The van der Waals surface area contributed by atoms with Gasteiger partial charge in [-0.1, -0.05) is 13.0 Å². The summed E-state index contributed by atoms with van der Waals surface area (Å²) in [5.74, 6) is 0. The Bertz CT molecular complexity index is 360. The van der Waals surface area contributed by atoms with Crippen molar-refractivity contribution < 1.29 is 0 Å². The summed E-state index contributed by atoms with van der Waals surface area (Å²) in [4.78, 5) is 4.61. The Labute approximate surface area is 98.0 Å². The van der Waals surface area contributed by atoms with Crippen molar-refractivity contribution in [3.63, 3.8) is 0 Å². The van der Waals surface area contributed by atoms with Crippen molar-refractivity contribution in [2.24, 2.45) is 0 Å². The first kappa shape index (κ1) is 11.3. The molecule has 2 rings (SSSR count). The molecular weight excluding hydrogens is 198 g/mol. The van der Waals surface area contributed by atoms with Crippen LogP contribution in [0.1, 0.15) is 12.5 Å². The van der Waals surface area contributed by atoms with E-state index in [1.807, 2.05) is 0 Å². The number of nitrogens with one attached hydrogen (secondary N) is 1. The van der Waals surface area contributed by atoms with Gasteiger partial charge in [-0.25, -0.2) is 0 Å². The van der Waals surface area contributed by atoms with E-state index in [0.717, 1.165) is 26.2 Å². The molecule has 1 aliphatic heterocycles. The molecule has 1 heterocycles. The van der Waals surface area contributed by atoms with Gasteiger partial charge in [-0.15, -0.1) is 0 Å². The summed E-state index contributed by atoms with van der Waals surface area (Å²) < 4.78 is 0. The average molecular weight is 219 g/mol. The van der Waals surface area contributed by atoms with Gasteiger partial charge in [-0.3, -0.25) is 4.90 Å². The Morgan fingerprint density at radius 3 is 2.88 bits per heavy atom. The third-order valence-corrected chi connectivity index (χ3v) is 3.19. The molecule has 0 spiro atoms. The highest BCUT2D eigenvalue weighted by molar-refractivity contribution is 5.62. The van der Waals surface area contributed by atoms with E-state index in [4.69, 9.17) is 0 Å². The highest BCUT2D eigenvalue weighted by atomic mass is 15.1. The van der Waals surface area contributed by atoms with Crippen LogP contribution >= 0.6 is 0 Å². The molecule has 0 aliphatic carbocycles. The van der Waals surface area contributed by atoms with Gasteiger partial charge in [-0.05, 0) is 24.2 Å². The lowest BCUT2D eigenvalue weighted by molar-refractivity contribution is 0.296. The molecule has 0 fully saturated rings. The summed E-state index contributed by atoms with van der Waals surface area (Å²) in [7, 11) is 4.16. The molecule has 88 valence electrons. The van der Waals surface area contributed by atoms with E-state index in [1.165, 1.54) is 16.9 Å². The second-order valence-corrected chi connectivity index (χ2v) is 4.53. The highest BCUT2D eigenvalue weighted by Gasteiger charge is 2.12. The van der Waals surface area contributed by atoms with Crippen molar-refractivity contribution >= 4 is 11.4 Å². The van der Waals surface area contributed by atoms with E-state index in [2.05, 4.69) is 54.3 Å². The summed E-state index contributed by atoms with van der Waals surface area (Å²) in [6, 6.07) is 6.68. The van der Waals surface area contributed by atoms with Gasteiger partial charge < -0.3 is 10.2 Å². The van der Waals surface area contributed by atoms with Crippen LogP contribution in [0, 0.1) is 0 Å². The maximum atomic E-state index is 3.52. The van der Waals surface area contributed by atoms with Gasteiger partial charge in [0.2, 0.25) is 0 Å². The molecule has 0 unspecified atom stereocenters. The van der Waals surface area contributed by atoms with E-state index in [-0.39, 0.29) is 0 Å². The fourth-order valence-corrected chi connectivity index (χ4v) is 2.08. The van der Waals surface area contributed by atoms with Crippen molar-refractivity contribution in [2.75, 3.05) is 43.9 Å². The molecule has 0 aromatic heterocycles. The molecule has 0 amide bonds. The first-order valence-electron chi connectivity index (χ1n) is 5.97. The lowest BCUT2D eigenvalue weighted by atomic mass is 10.1. The topological polar surface area (TPSA) is 18.5 Å². The molecule has 1 aromatic rings. The van der Waals surface area contributed by atoms with Crippen LogP contribution in [0.25, 0.3) is 0 Å². The molecule has 1 aromatic carbocycles. The molecule has 3 heteroatoms. The van der Waals surface area contributed by atoms with Gasteiger partial charge in [-0.2, -0.15) is 0 Å². The zero-order valence-electron chi connectivity index (χ0n) is 10.5. The third-order valence-electron chi connectivity index (χ3n) is 3.19. The van der Waals surface area contributed by atoms with Crippen LogP contribution < -0.4 is 10.2 Å². The van der Waals surface area contributed by atoms with E-state index >= 15 is 0 Å². The molecule has 0 radical (unpaired) electrons. The van der Waals surface area contributed by atoms with Crippen LogP contribution in [0.15, 0.2) is 18.2 Å². The number of hydrogen-bond donors (Lipinski definition) is 1. The predicted molar refractivity (Wildman–Crippen MR) is 70.2 cm³/mol. The number of anilines is 2. The van der Waals surface area contributed by atoms with Crippen LogP contribution in [0.4, 0.5) is 11.4 Å².